The van der Waals surface area contributed by atoms with Gasteiger partial charge < -0.3 is 0 Å². The van der Waals surface area contributed by atoms with E-state index < -0.39 is 11.8 Å². The normalized spacial score (nSPS) is 17.5. The number of carbonyl (C=O) groups is 1. The van der Waals surface area contributed by atoms with Crippen LogP contribution >= 0.6 is 0 Å². The van der Waals surface area contributed by atoms with Gasteiger partial charge in [-0.2, -0.15) is 4.39 Å². The van der Waals surface area contributed by atoms with E-state index in [1.165, 1.54) is 0 Å². The molecule has 2 rings (SSSR count). The summed E-state index contributed by atoms with van der Waals surface area (Å²) in [6.07, 6.45) is 2.99. The van der Waals surface area contributed by atoms with Crippen LogP contribution in [-0.4, -0.2) is 10.8 Å². The van der Waals surface area contributed by atoms with E-state index in [0.717, 1.165) is 25.1 Å². The van der Waals surface area contributed by atoms with Crippen molar-refractivity contribution in [3.05, 3.63) is 29.6 Å². The summed E-state index contributed by atoms with van der Waals surface area (Å²) < 4.78 is 25.9. The van der Waals surface area contributed by atoms with E-state index in [1.54, 1.807) is 0 Å². The van der Waals surface area contributed by atoms with Crippen LogP contribution < -0.4 is 0 Å². The number of Topliss-reactive ketones (excluding diaryl/α,β-unsaturated/α-hetero) is 1. The van der Waals surface area contributed by atoms with Gasteiger partial charge >= 0.3 is 0 Å². The van der Waals surface area contributed by atoms with E-state index in [4.69, 9.17) is 0 Å². The lowest BCUT2D eigenvalue weighted by Gasteiger charge is -2.07. The summed E-state index contributed by atoms with van der Waals surface area (Å²) in [5, 5.41) is 0. The topological polar surface area (TPSA) is 30.0 Å². The molecule has 1 aliphatic carbocycles. The van der Waals surface area contributed by atoms with Crippen LogP contribution in [0.15, 0.2) is 12.3 Å². The van der Waals surface area contributed by atoms with Gasteiger partial charge in [-0.25, -0.2) is 9.37 Å². The van der Waals surface area contributed by atoms with Gasteiger partial charge in [-0.3, -0.25) is 4.79 Å². The molecule has 0 radical (unpaired) electrons. The molecule has 1 aromatic rings. The Morgan fingerprint density at radius 3 is 2.80 bits per heavy atom. The maximum absolute atomic E-state index is 13.2. The Hall–Kier alpha value is -1.32. The van der Waals surface area contributed by atoms with Gasteiger partial charge in [-0.15, -0.1) is 0 Å². The van der Waals surface area contributed by atoms with Crippen LogP contribution in [0.4, 0.5) is 8.78 Å². The van der Waals surface area contributed by atoms with E-state index in [9.17, 15) is 13.6 Å². The zero-order valence-electron chi connectivity index (χ0n) is 8.39. The smallest absolute Gasteiger partial charge is 0.213 e. The van der Waals surface area contributed by atoms with Gasteiger partial charge in [0.15, 0.2) is 11.6 Å². The quantitative estimate of drug-likeness (QED) is 0.568. The largest absolute Gasteiger partial charge is 0.294 e. The number of ketones is 1. The second-order valence-corrected chi connectivity index (χ2v) is 4.40. The molecule has 15 heavy (non-hydrogen) atoms. The minimum Gasteiger partial charge on any atom is -0.294 e. The lowest BCUT2D eigenvalue weighted by molar-refractivity contribution is 0.0954. The summed E-state index contributed by atoms with van der Waals surface area (Å²) >= 11 is 0. The summed E-state index contributed by atoms with van der Waals surface area (Å²) in [5.74, 6) is -1.90. The molecule has 0 aromatic carbocycles. The highest BCUT2D eigenvalue weighted by molar-refractivity contribution is 5.96. The number of hydrogen-bond acceptors (Lipinski definition) is 2. The molecule has 0 bridgehead atoms. The summed E-state index contributed by atoms with van der Waals surface area (Å²) in [4.78, 5) is 14.8. The summed E-state index contributed by atoms with van der Waals surface area (Å²) in [6, 6.07) is 0.864. The van der Waals surface area contributed by atoms with Crippen LogP contribution in [0.3, 0.4) is 0 Å². The number of halogens is 2. The maximum Gasteiger partial charge on any atom is 0.213 e. The Bertz CT molecular complexity index is 413. The van der Waals surface area contributed by atoms with Crippen molar-refractivity contribution in [1.82, 2.24) is 4.98 Å². The molecule has 1 aliphatic rings. The first-order valence-corrected chi connectivity index (χ1v) is 4.84. The van der Waals surface area contributed by atoms with Crippen molar-refractivity contribution in [3.63, 3.8) is 0 Å². The molecule has 0 atom stereocenters. The molecule has 2 nitrogen and oxygen atoms in total. The predicted molar refractivity (Wildman–Crippen MR) is 50.4 cm³/mol. The SMILES string of the molecule is CC1(CC(=O)c2cc(F)ncc2F)CC1. The first kappa shape index (κ1) is 10.2. The molecule has 0 unspecified atom stereocenters. The Morgan fingerprint density at radius 2 is 2.20 bits per heavy atom. The fraction of sp³-hybridized carbons (Fsp3) is 0.455. The van der Waals surface area contributed by atoms with E-state index >= 15 is 0 Å². The van der Waals surface area contributed by atoms with Crippen LogP contribution in [0.1, 0.15) is 36.5 Å². The van der Waals surface area contributed by atoms with Crippen molar-refractivity contribution in [1.29, 1.82) is 0 Å². The molecule has 4 heteroatoms. The number of carbonyl (C=O) groups excluding carboxylic acids is 1. The third-order valence-electron chi connectivity index (χ3n) is 2.81. The zero-order chi connectivity index (χ0) is 11.1. The molecular formula is C11H11F2NO. The standard InChI is InChI=1S/C11H11F2NO/c1-11(2-3-11)5-9(15)7-4-10(13)14-6-8(7)12/h4,6H,2-3,5H2,1H3. The lowest BCUT2D eigenvalue weighted by Crippen LogP contribution is -2.09. The molecule has 0 saturated heterocycles. The highest BCUT2D eigenvalue weighted by Crippen LogP contribution is 2.48. The van der Waals surface area contributed by atoms with E-state index in [2.05, 4.69) is 4.98 Å². The molecule has 0 N–H and O–H groups in total. The minimum atomic E-state index is -0.819. The van der Waals surface area contributed by atoms with Crippen molar-refractivity contribution in [2.24, 2.45) is 5.41 Å². The van der Waals surface area contributed by atoms with Gasteiger partial charge in [-0.05, 0) is 18.3 Å². The van der Waals surface area contributed by atoms with Crippen molar-refractivity contribution in [2.45, 2.75) is 26.2 Å². The number of aromatic nitrogens is 1. The summed E-state index contributed by atoms with van der Waals surface area (Å²) in [6.45, 7) is 1.97. The van der Waals surface area contributed by atoms with Crippen LogP contribution in [0.25, 0.3) is 0 Å². The van der Waals surface area contributed by atoms with Crippen molar-refractivity contribution in [2.75, 3.05) is 0 Å². The Kier molecular flexibility index (Phi) is 2.29. The number of rotatable bonds is 3. The molecule has 1 heterocycles. The third kappa shape index (κ3) is 2.19. The monoisotopic (exact) mass is 211 g/mol. The van der Waals surface area contributed by atoms with Crippen LogP contribution in [-0.2, 0) is 0 Å². The fourth-order valence-electron chi connectivity index (χ4n) is 1.50. The Balaban J connectivity index is 2.21. The average Bonchev–Trinajstić information content (AvgIpc) is 2.87. The van der Waals surface area contributed by atoms with E-state index in [-0.39, 0.29) is 23.2 Å². The van der Waals surface area contributed by atoms with Crippen molar-refractivity contribution in [3.8, 4) is 0 Å². The predicted octanol–water partition coefficient (Wildman–Crippen LogP) is 2.73. The van der Waals surface area contributed by atoms with Crippen LogP contribution in [0.2, 0.25) is 0 Å². The molecule has 0 amide bonds. The molecule has 1 fully saturated rings. The molecule has 80 valence electrons. The average molecular weight is 211 g/mol. The van der Waals surface area contributed by atoms with Crippen molar-refractivity contribution >= 4 is 5.78 Å². The van der Waals surface area contributed by atoms with Gasteiger partial charge in [0.25, 0.3) is 0 Å². The second-order valence-electron chi connectivity index (χ2n) is 4.40. The summed E-state index contributed by atoms with van der Waals surface area (Å²) in [5.41, 5.74) is -0.181. The second kappa shape index (κ2) is 3.36. The van der Waals surface area contributed by atoms with Gasteiger partial charge in [-0.1, -0.05) is 6.92 Å². The molecule has 1 saturated carbocycles. The Morgan fingerprint density at radius 1 is 1.53 bits per heavy atom. The van der Waals surface area contributed by atoms with E-state index in [1.807, 2.05) is 6.92 Å². The van der Waals surface area contributed by atoms with Crippen LogP contribution in [0.5, 0.6) is 0 Å². The van der Waals surface area contributed by atoms with Crippen molar-refractivity contribution < 1.29 is 13.6 Å². The molecular weight excluding hydrogens is 200 g/mol. The highest BCUT2D eigenvalue weighted by Gasteiger charge is 2.39. The minimum absolute atomic E-state index is 0.00324. The van der Waals surface area contributed by atoms with E-state index in [0.29, 0.717) is 0 Å². The maximum atomic E-state index is 13.2. The van der Waals surface area contributed by atoms with Gasteiger partial charge in [0.1, 0.15) is 0 Å². The molecule has 0 aliphatic heterocycles. The fourth-order valence-corrected chi connectivity index (χ4v) is 1.50. The number of hydrogen-bond donors (Lipinski definition) is 0. The third-order valence-corrected chi connectivity index (χ3v) is 2.81. The van der Waals surface area contributed by atoms with Gasteiger partial charge in [0, 0.05) is 12.5 Å². The zero-order valence-corrected chi connectivity index (χ0v) is 8.39. The summed E-state index contributed by atoms with van der Waals surface area (Å²) in [7, 11) is 0. The van der Waals surface area contributed by atoms with Crippen LogP contribution in [0, 0.1) is 17.2 Å². The molecule has 0 spiro atoms. The van der Waals surface area contributed by atoms with Gasteiger partial charge in [0.05, 0.1) is 11.8 Å². The first-order valence-electron chi connectivity index (χ1n) is 4.84. The number of pyridine rings is 1. The first-order chi connectivity index (χ1) is 7.00. The highest BCUT2D eigenvalue weighted by atomic mass is 19.1. The molecule has 1 aromatic heterocycles. The number of nitrogens with zero attached hydrogens (tertiary/aromatic N) is 1. The van der Waals surface area contributed by atoms with Gasteiger partial charge in [0.2, 0.25) is 5.95 Å². The Labute approximate surface area is 86.3 Å². The lowest BCUT2D eigenvalue weighted by atomic mass is 9.98.